The van der Waals surface area contributed by atoms with Crippen LogP contribution in [0.4, 0.5) is 17.2 Å². The monoisotopic (exact) mass is 234 g/mol. The summed E-state index contributed by atoms with van der Waals surface area (Å²) in [4.78, 5) is 4.02. The quantitative estimate of drug-likeness (QED) is 0.565. The van der Waals surface area contributed by atoms with Gasteiger partial charge in [0.15, 0.2) is 0 Å². The van der Waals surface area contributed by atoms with Crippen LogP contribution in [0.2, 0.25) is 5.02 Å². The van der Waals surface area contributed by atoms with E-state index in [2.05, 4.69) is 15.7 Å². The van der Waals surface area contributed by atoms with Gasteiger partial charge in [-0.05, 0) is 30.3 Å². The van der Waals surface area contributed by atoms with Crippen molar-refractivity contribution in [2.75, 3.05) is 10.7 Å². The highest BCUT2D eigenvalue weighted by Crippen LogP contribution is 2.19. The number of anilines is 3. The topological polar surface area (TPSA) is 63.0 Å². The van der Waals surface area contributed by atoms with Crippen LogP contribution >= 0.6 is 11.6 Å². The van der Waals surface area contributed by atoms with Crippen molar-refractivity contribution in [2.45, 2.75) is 0 Å². The molecule has 1 aromatic heterocycles. The van der Waals surface area contributed by atoms with E-state index in [1.54, 1.807) is 6.20 Å². The number of hydrogen-bond acceptors (Lipinski definition) is 4. The maximum atomic E-state index is 5.80. The molecule has 0 radical (unpaired) electrons. The predicted molar refractivity (Wildman–Crippen MR) is 66.8 cm³/mol. The Morgan fingerprint density at radius 3 is 2.50 bits per heavy atom. The summed E-state index contributed by atoms with van der Waals surface area (Å²) in [6, 6.07) is 11.1. The van der Waals surface area contributed by atoms with Crippen molar-refractivity contribution in [3.05, 3.63) is 47.6 Å². The molecule has 0 aliphatic carbocycles. The Morgan fingerprint density at radius 1 is 1.06 bits per heavy atom. The van der Waals surface area contributed by atoms with Crippen LogP contribution in [0.25, 0.3) is 0 Å². The van der Waals surface area contributed by atoms with E-state index in [1.165, 1.54) is 0 Å². The zero-order chi connectivity index (χ0) is 11.4. The molecule has 0 unspecified atom stereocenters. The maximum absolute atomic E-state index is 5.80. The Balaban J connectivity index is 2.16. The molecule has 0 saturated heterocycles. The Kier molecular flexibility index (Phi) is 3.24. The molecular weight excluding hydrogens is 224 g/mol. The summed E-state index contributed by atoms with van der Waals surface area (Å²) in [5.41, 5.74) is 4.35. The molecule has 0 atom stereocenters. The molecule has 4 nitrogen and oxygen atoms in total. The Hall–Kier alpha value is -1.78. The van der Waals surface area contributed by atoms with Crippen molar-refractivity contribution in [2.24, 2.45) is 5.84 Å². The SMILES string of the molecule is NNc1cc(Nc2ccc(Cl)cc2)ccn1. The lowest BCUT2D eigenvalue weighted by Crippen LogP contribution is -2.08. The lowest BCUT2D eigenvalue weighted by molar-refractivity contribution is 1.23. The minimum absolute atomic E-state index is 0.610. The Morgan fingerprint density at radius 2 is 1.81 bits per heavy atom. The molecule has 1 aromatic carbocycles. The highest BCUT2D eigenvalue weighted by molar-refractivity contribution is 6.30. The molecule has 0 spiro atoms. The summed E-state index contributed by atoms with van der Waals surface area (Å²) in [6.45, 7) is 0. The number of pyridine rings is 1. The zero-order valence-corrected chi connectivity index (χ0v) is 9.20. The summed E-state index contributed by atoms with van der Waals surface area (Å²) in [7, 11) is 0. The Labute approximate surface area is 98.4 Å². The first kappa shape index (κ1) is 10.7. The van der Waals surface area contributed by atoms with Gasteiger partial charge in [-0.2, -0.15) is 0 Å². The smallest absolute Gasteiger partial charge is 0.141 e. The number of benzene rings is 1. The van der Waals surface area contributed by atoms with E-state index in [0.29, 0.717) is 10.8 Å². The van der Waals surface area contributed by atoms with Crippen LogP contribution < -0.4 is 16.6 Å². The predicted octanol–water partition coefficient (Wildman–Crippen LogP) is 2.76. The number of nitrogens with two attached hydrogens (primary N) is 1. The van der Waals surface area contributed by atoms with Gasteiger partial charge in [-0.25, -0.2) is 10.8 Å². The lowest BCUT2D eigenvalue weighted by Gasteiger charge is -2.07. The van der Waals surface area contributed by atoms with Crippen molar-refractivity contribution in [3.63, 3.8) is 0 Å². The van der Waals surface area contributed by atoms with Crippen molar-refractivity contribution < 1.29 is 0 Å². The van der Waals surface area contributed by atoms with Crippen molar-refractivity contribution >= 4 is 28.8 Å². The molecular formula is C11H11ClN4. The molecule has 0 amide bonds. The molecule has 2 rings (SSSR count). The van der Waals surface area contributed by atoms with Crippen LogP contribution in [0.5, 0.6) is 0 Å². The number of hydrogen-bond donors (Lipinski definition) is 3. The molecule has 1 heterocycles. The van der Waals surface area contributed by atoms with Gasteiger partial charge in [-0.1, -0.05) is 11.6 Å². The van der Waals surface area contributed by atoms with Crippen LogP contribution in [-0.2, 0) is 0 Å². The second kappa shape index (κ2) is 4.83. The van der Waals surface area contributed by atoms with E-state index in [4.69, 9.17) is 17.4 Å². The van der Waals surface area contributed by atoms with Gasteiger partial charge in [0, 0.05) is 28.7 Å². The maximum Gasteiger partial charge on any atom is 0.141 e. The molecule has 0 fully saturated rings. The molecule has 16 heavy (non-hydrogen) atoms. The van der Waals surface area contributed by atoms with Crippen LogP contribution in [0.15, 0.2) is 42.6 Å². The summed E-state index contributed by atoms with van der Waals surface area (Å²) in [5, 5.41) is 3.92. The zero-order valence-electron chi connectivity index (χ0n) is 8.44. The van der Waals surface area contributed by atoms with Crippen LogP contribution in [-0.4, -0.2) is 4.98 Å². The van der Waals surface area contributed by atoms with Gasteiger partial charge in [-0.3, -0.25) is 0 Å². The number of halogens is 1. The summed E-state index contributed by atoms with van der Waals surface area (Å²) in [6.07, 6.45) is 1.67. The van der Waals surface area contributed by atoms with Crippen molar-refractivity contribution in [3.8, 4) is 0 Å². The van der Waals surface area contributed by atoms with Crippen molar-refractivity contribution in [1.29, 1.82) is 0 Å². The first-order valence-electron chi connectivity index (χ1n) is 4.73. The summed E-state index contributed by atoms with van der Waals surface area (Å²) in [5.74, 6) is 5.88. The standard InChI is InChI=1S/C11H11ClN4/c12-8-1-3-9(4-2-8)15-10-5-6-14-11(7-10)16-13/h1-7H,13H2,(H2,14,15,16). The van der Waals surface area contributed by atoms with Crippen molar-refractivity contribution in [1.82, 2.24) is 4.98 Å². The number of nitrogens with one attached hydrogen (secondary N) is 2. The van der Waals surface area contributed by atoms with E-state index in [0.717, 1.165) is 11.4 Å². The number of rotatable bonds is 3. The second-order valence-corrected chi connectivity index (χ2v) is 3.64. The molecule has 0 aliphatic heterocycles. The van der Waals surface area contributed by atoms with Gasteiger partial charge in [-0.15, -0.1) is 0 Å². The fourth-order valence-corrected chi connectivity index (χ4v) is 1.41. The molecule has 0 aliphatic rings. The third-order valence-electron chi connectivity index (χ3n) is 2.04. The summed E-state index contributed by atoms with van der Waals surface area (Å²) >= 11 is 5.80. The average molecular weight is 235 g/mol. The van der Waals surface area contributed by atoms with Gasteiger partial charge in [0.05, 0.1) is 0 Å². The molecule has 82 valence electrons. The molecule has 2 aromatic rings. The minimum atomic E-state index is 0.610. The third kappa shape index (κ3) is 2.62. The van der Waals surface area contributed by atoms with Gasteiger partial charge in [0.25, 0.3) is 0 Å². The molecule has 0 bridgehead atoms. The largest absolute Gasteiger partial charge is 0.355 e. The highest BCUT2D eigenvalue weighted by Gasteiger charge is 1.96. The van der Waals surface area contributed by atoms with E-state index in [9.17, 15) is 0 Å². The van der Waals surface area contributed by atoms with Gasteiger partial charge < -0.3 is 10.7 Å². The molecule has 4 N–H and O–H groups in total. The number of hydrazine groups is 1. The van der Waals surface area contributed by atoms with E-state index in [1.807, 2.05) is 36.4 Å². The first-order chi connectivity index (χ1) is 7.78. The Bertz CT molecular complexity index is 470. The second-order valence-electron chi connectivity index (χ2n) is 3.21. The number of aromatic nitrogens is 1. The van der Waals surface area contributed by atoms with Crippen LogP contribution in [0, 0.1) is 0 Å². The fourth-order valence-electron chi connectivity index (χ4n) is 1.29. The number of nitrogens with zero attached hydrogens (tertiary/aromatic N) is 1. The lowest BCUT2D eigenvalue weighted by atomic mass is 10.3. The van der Waals surface area contributed by atoms with E-state index in [-0.39, 0.29) is 0 Å². The minimum Gasteiger partial charge on any atom is -0.355 e. The number of nitrogen functional groups attached to an aromatic ring is 1. The van der Waals surface area contributed by atoms with Crippen LogP contribution in [0.3, 0.4) is 0 Å². The normalized spacial score (nSPS) is 9.88. The van der Waals surface area contributed by atoms with E-state index >= 15 is 0 Å². The van der Waals surface area contributed by atoms with Gasteiger partial charge in [0.1, 0.15) is 5.82 Å². The average Bonchev–Trinajstić information content (AvgIpc) is 2.32. The molecule has 5 heteroatoms. The molecule has 0 saturated carbocycles. The fraction of sp³-hybridized carbons (Fsp3) is 0. The third-order valence-corrected chi connectivity index (χ3v) is 2.29. The van der Waals surface area contributed by atoms with Gasteiger partial charge in [0.2, 0.25) is 0 Å². The van der Waals surface area contributed by atoms with Gasteiger partial charge >= 0.3 is 0 Å². The highest BCUT2D eigenvalue weighted by atomic mass is 35.5. The first-order valence-corrected chi connectivity index (χ1v) is 5.11. The van der Waals surface area contributed by atoms with E-state index < -0.39 is 0 Å². The summed E-state index contributed by atoms with van der Waals surface area (Å²) < 4.78 is 0. The van der Waals surface area contributed by atoms with Crippen LogP contribution in [0.1, 0.15) is 0 Å².